The smallest absolute Gasteiger partial charge is 0.315 e. The number of rotatable bonds is 13. The number of hydrogen-bond donors (Lipinski definition) is 4. The van der Waals surface area contributed by atoms with Gasteiger partial charge in [0.1, 0.15) is 5.71 Å². The zero-order valence-corrected chi connectivity index (χ0v) is 16.6. The highest BCUT2D eigenvalue weighted by molar-refractivity contribution is 6.33. The molecule has 0 fully saturated rings. The maximum atomic E-state index is 12.1. The van der Waals surface area contributed by atoms with Gasteiger partial charge in [-0.3, -0.25) is 9.79 Å². The third-order valence-electron chi connectivity index (χ3n) is 4.13. The molecule has 0 aliphatic carbocycles. The normalized spacial score (nSPS) is 12.7. The average molecular weight is 389 g/mol. The van der Waals surface area contributed by atoms with Crippen molar-refractivity contribution in [2.75, 3.05) is 13.1 Å². The lowest BCUT2D eigenvalue weighted by Gasteiger charge is -2.17. The number of nitrogens with one attached hydrogen (secondary N) is 2. The average Bonchev–Trinajstić information content (AvgIpc) is 2.68. The number of benzene rings is 1. The molecule has 154 valence electrons. The van der Waals surface area contributed by atoms with Crippen LogP contribution in [0.5, 0.6) is 0 Å². The fraction of sp³-hybridized carbons (Fsp3) is 0.500. The van der Waals surface area contributed by atoms with Crippen LogP contribution in [0.4, 0.5) is 4.79 Å². The summed E-state index contributed by atoms with van der Waals surface area (Å²) in [7, 11) is 0. The van der Waals surface area contributed by atoms with E-state index >= 15 is 0 Å². The minimum Gasteiger partial charge on any atom is -0.370 e. The van der Waals surface area contributed by atoms with Gasteiger partial charge in [0.25, 0.3) is 0 Å². The second-order valence-electron chi connectivity index (χ2n) is 6.51. The molecule has 1 aromatic carbocycles. The van der Waals surface area contributed by atoms with Gasteiger partial charge >= 0.3 is 6.03 Å². The van der Waals surface area contributed by atoms with E-state index in [1.54, 1.807) is 0 Å². The standard InChI is InChI=1S/C20H32N6O2/c1-2-3-4-8-12-24-20(28)25-17(14-19(21)27)18(26-22)15-23-13-11-16-9-6-5-7-10-16/h5-7,9-10,15,17H,2-4,8,11-14,22H2,1H3,(H2,21,27)(H2,24,25,28)/b23-15?,26-18+/t17-/m1/s1. The number of unbranched alkanes of at least 4 members (excludes halogenated alkanes) is 3. The Bertz CT molecular complexity index is 645. The van der Waals surface area contributed by atoms with Crippen molar-refractivity contribution in [3.63, 3.8) is 0 Å². The van der Waals surface area contributed by atoms with Gasteiger partial charge in [0.05, 0.1) is 12.5 Å². The number of primary amides is 1. The third-order valence-corrected chi connectivity index (χ3v) is 4.13. The van der Waals surface area contributed by atoms with Crippen LogP contribution in [0.3, 0.4) is 0 Å². The van der Waals surface area contributed by atoms with Crippen LogP contribution in [0.15, 0.2) is 40.4 Å². The highest BCUT2D eigenvalue weighted by atomic mass is 16.2. The molecule has 0 saturated carbocycles. The van der Waals surface area contributed by atoms with E-state index in [1.807, 2.05) is 30.3 Å². The van der Waals surface area contributed by atoms with E-state index in [-0.39, 0.29) is 12.5 Å². The molecule has 1 aromatic rings. The van der Waals surface area contributed by atoms with E-state index in [2.05, 4.69) is 27.7 Å². The molecule has 8 heteroatoms. The number of nitrogens with two attached hydrogens (primary N) is 2. The van der Waals surface area contributed by atoms with Crippen LogP contribution in [0, 0.1) is 0 Å². The number of amides is 3. The molecule has 1 rings (SSSR count). The summed E-state index contributed by atoms with van der Waals surface area (Å²) in [5.41, 5.74) is 6.76. The van der Waals surface area contributed by atoms with Crippen molar-refractivity contribution in [2.45, 2.75) is 51.5 Å². The van der Waals surface area contributed by atoms with Gasteiger partial charge in [0.15, 0.2) is 0 Å². The molecule has 8 nitrogen and oxygen atoms in total. The summed E-state index contributed by atoms with van der Waals surface area (Å²) in [6.45, 7) is 3.23. The monoisotopic (exact) mass is 388 g/mol. The highest BCUT2D eigenvalue weighted by Gasteiger charge is 2.19. The molecule has 0 unspecified atom stereocenters. The molecule has 0 aliphatic rings. The van der Waals surface area contributed by atoms with Gasteiger partial charge in [0.2, 0.25) is 5.91 Å². The van der Waals surface area contributed by atoms with E-state index < -0.39 is 11.9 Å². The Morgan fingerprint density at radius 2 is 1.93 bits per heavy atom. The highest BCUT2D eigenvalue weighted by Crippen LogP contribution is 2.00. The Kier molecular flexibility index (Phi) is 11.7. The van der Waals surface area contributed by atoms with Gasteiger partial charge in [-0.05, 0) is 18.4 Å². The van der Waals surface area contributed by atoms with Crippen LogP contribution >= 0.6 is 0 Å². The Morgan fingerprint density at radius 1 is 1.18 bits per heavy atom. The van der Waals surface area contributed by atoms with Crippen molar-refractivity contribution < 1.29 is 9.59 Å². The molecule has 1 atom stereocenters. The second-order valence-corrected chi connectivity index (χ2v) is 6.51. The van der Waals surface area contributed by atoms with Crippen molar-refractivity contribution in [1.82, 2.24) is 10.6 Å². The lowest BCUT2D eigenvalue weighted by atomic mass is 10.1. The molecule has 0 saturated heterocycles. The van der Waals surface area contributed by atoms with E-state index in [0.717, 1.165) is 32.1 Å². The lowest BCUT2D eigenvalue weighted by Crippen LogP contribution is -2.48. The molecule has 0 aromatic heterocycles. The van der Waals surface area contributed by atoms with Crippen molar-refractivity contribution in [1.29, 1.82) is 0 Å². The first-order valence-corrected chi connectivity index (χ1v) is 9.71. The van der Waals surface area contributed by atoms with Gasteiger partial charge in [-0.25, -0.2) is 4.79 Å². The summed E-state index contributed by atoms with van der Waals surface area (Å²) in [4.78, 5) is 27.8. The van der Waals surface area contributed by atoms with Crippen LogP contribution in [0.2, 0.25) is 0 Å². The molecule has 0 bridgehead atoms. The van der Waals surface area contributed by atoms with Crippen molar-refractivity contribution in [3.05, 3.63) is 35.9 Å². The fourth-order valence-corrected chi connectivity index (χ4v) is 2.60. The SMILES string of the molecule is CCCCCCNC(=O)N[C@H](CC(N)=O)/C(C=NCCc1ccccc1)=N/N. The lowest BCUT2D eigenvalue weighted by molar-refractivity contribution is -0.118. The Labute approximate surface area is 166 Å². The number of carbonyl (C=O) groups is 2. The quantitative estimate of drug-likeness (QED) is 0.177. The van der Waals surface area contributed by atoms with Gasteiger partial charge in [-0.1, -0.05) is 56.5 Å². The Morgan fingerprint density at radius 3 is 2.57 bits per heavy atom. The largest absolute Gasteiger partial charge is 0.370 e. The molecular weight excluding hydrogens is 356 g/mol. The van der Waals surface area contributed by atoms with E-state index in [0.29, 0.717) is 18.8 Å². The number of hydrogen-bond acceptors (Lipinski definition) is 5. The van der Waals surface area contributed by atoms with Crippen LogP contribution in [-0.2, 0) is 11.2 Å². The number of aliphatic imine (C=N–C) groups is 1. The first-order valence-electron chi connectivity index (χ1n) is 9.71. The zero-order valence-electron chi connectivity index (χ0n) is 16.6. The van der Waals surface area contributed by atoms with Crippen LogP contribution in [-0.4, -0.2) is 43.0 Å². The maximum Gasteiger partial charge on any atom is 0.315 e. The summed E-state index contributed by atoms with van der Waals surface area (Å²) in [5, 5.41) is 9.14. The van der Waals surface area contributed by atoms with Crippen LogP contribution in [0.1, 0.15) is 44.6 Å². The van der Waals surface area contributed by atoms with Crippen LogP contribution < -0.4 is 22.2 Å². The molecule has 0 radical (unpaired) electrons. The number of urea groups is 1. The maximum absolute atomic E-state index is 12.1. The number of carbonyl (C=O) groups excluding carboxylic acids is 2. The summed E-state index contributed by atoms with van der Waals surface area (Å²) in [5.74, 6) is 4.88. The Balaban J connectivity index is 2.55. The minimum atomic E-state index is -0.724. The summed E-state index contributed by atoms with van der Waals surface area (Å²) in [6.07, 6.45) is 6.37. The minimum absolute atomic E-state index is 0.107. The molecule has 0 aliphatic heterocycles. The van der Waals surface area contributed by atoms with Gasteiger partial charge in [-0.15, -0.1) is 0 Å². The van der Waals surface area contributed by atoms with Crippen molar-refractivity contribution >= 4 is 23.9 Å². The first kappa shape index (κ1) is 23.1. The van der Waals surface area contributed by atoms with Gasteiger partial charge in [0, 0.05) is 19.3 Å². The molecular formula is C20H32N6O2. The zero-order chi connectivity index (χ0) is 20.6. The third kappa shape index (κ3) is 10.3. The molecule has 6 N–H and O–H groups in total. The number of hydrazone groups is 1. The van der Waals surface area contributed by atoms with E-state index in [1.165, 1.54) is 11.8 Å². The molecule has 3 amide bonds. The topological polar surface area (TPSA) is 135 Å². The summed E-state index contributed by atoms with van der Waals surface area (Å²) in [6, 6.07) is 8.84. The fourth-order valence-electron chi connectivity index (χ4n) is 2.60. The molecule has 0 spiro atoms. The van der Waals surface area contributed by atoms with Gasteiger partial charge in [-0.2, -0.15) is 5.10 Å². The second kappa shape index (κ2) is 14.2. The van der Waals surface area contributed by atoms with Gasteiger partial charge < -0.3 is 22.2 Å². The number of nitrogens with zero attached hydrogens (tertiary/aromatic N) is 2. The van der Waals surface area contributed by atoms with Crippen LogP contribution in [0.25, 0.3) is 0 Å². The van der Waals surface area contributed by atoms with Crippen molar-refractivity contribution in [3.8, 4) is 0 Å². The molecule has 28 heavy (non-hydrogen) atoms. The Hall–Kier alpha value is -2.90. The molecule has 0 heterocycles. The summed E-state index contributed by atoms with van der Waals surface area (Å²) >= 11 is 0. The first-order chi connectivity index (χ1) is 13.6. The summed E-state index contributed by atoms with van der Waals surface area (Å²) < 4.78 is 0. The predicted molar refractivity (Wildman–Crippen MR) is 113 cm³/mol. The predicted octanol–water partition coefficient (Wildman–Crippen LogP) is 1.74. The van der Waals surface area contributed by atoms with Crippen molar-refractivity contribution in [2.24, 2.45) is 21.7 Å². The van der Waals surface area contributed by atoms with E-state index in [4.69, 9.17) is 11.6 Å². The van der Waals surface area contributed by atoms with E-state index in [9.17, 15) is 9.59 Å².